The Morgan fingerprint density at radius 2 is 1.76 bits per heavy atom. The molecule has 0 fully saturated rings. The van der Waals surface area contributed by atoms with Crippen LogP contribution in [0.3, 0.4) is 0 Å². The molecule has 0 saturated heterocycles. The van der Waals surface area contributed by atoms with E-state index in [0.29, 0.717) is 25.5 Å². The van der Waals surface area contributed by atoms with Crippen LogP contribution in [-0.2, 0) is 11.2 Å². The van der Waals surface area contributed by atoms with Crippen LogP contribution in [0.4, 0.5) is 0 Å². The van der Waals surface area contributed by atoms with Crippen LogP contribution in [0.5, 0.6) is 11.5 Å². The summed E-state index contributed by atoms with van der Waals surface area (Å²) in [6.07, 6.45) is 8.99. The second-order valence-corrected chi connectivity index (χ2v) is 10.2. The molecule has 0 aliphatic carbocycles. The molecule has 2 heterocycles. The van der Waals surface area contributed by atoms with Gasteiger partial charge in [0.25, 0.3) is 0 Å². The second-order valence-electron chi connectivity index (χ2n) is 8.69. The van der Waals surface area contributed by atoms with E-state index in [0.717, 1.165) is 67.2 Å². The molecule has 186 valence electrons. The number of likely N-dealkylation sites (N-methyl/N-ethyl adjacent to an activating group) is 1. The quantitative estimate of drug-likeness (QED) is 0.400. The van der Waals surface area contributed by atoms with Gasteiger partial charge in [-0.05, 0) is 49.9 Å². The Hall–Kier alpha value is -1.97. The Morgan fingerprint density at radius 3 is 2.48 bits per heavy atom. The number of benzene rings is 1. The molecule has 1 aromatic carbocycles. The fourth-order valence-corrected chi connectivity index (χ4v) is 5.41. The molecule has 1 aromatic rings. The first-order valence-corrected chi connectivity index (χ1v) is 13.2. The summed E-state index contributed by atoms with van der Waals surface area (Å²) in [7, 11) is 3.49. The van der Waals surface area contributed by atoms with E-state index >= 15 is 0 Å². The van der Waals surface area contributed by atoms with Gasteiger partial charge in [0.15, 0.2) is 11.2 Å². The van der Waals surface area contributed by atoms with Crippen LogP contribution in [0, 0.1) is 5.21 Å². The number of hydrogen-bond donors (Lipinski definition) is 1. The fourth-order valence-electron chi connectivity index (χ4n) is 4.21. The Balaban J connectivity index is 1.40. The van der Waals surface area contributed by atoms with Gasteiger partial charge >= 0.3 is 0 Å². The first-order valence-electron chi connectivity index (χ1n) is 12.2. The van der Waals surface area contributed by atoms with Crippen molar-refractivity contribution in [3.05, 3.63) is 41.0 Å². The number of ether oxygens (including phenoxy) is 2. The average molecular weight is 480 g/mol. The lowest BCUT2D eigenvalue weighted by molar-refractivity contribution is 0.268. The smallest absolute Gasteiger partial charge is 0.200 e. The largest absolute Gasteiger partial charge is 0.756 e. The van der Waals surface area contributed by atoms with Gasteiger partial charge in [0.05, 0.1) is 32.1 Å². The van der Waals surface area contributed by atoms with E-state index < -0.39 is 11.2 Å². The summed E-state index contributed by atoms with van der Waals surface area (Å²) < 4.78 is 27.4. The van der Waals surface area contributed by atoms with E-state index in [4.69, 9.17) is 9.47 Å². The van der Waals surface area contributed by atoms with Crippen molar-refractivity contribution in [2.75, 3.05) is 33.9 Å². The van der Waals surface area contributed by atoms with E-state index in [1.807, 2.05) is 31.3 Å². The van der Waals surface area contributed by atoms with Crippen molar-refractivity contribution in [2.24, 2.45) is 0 Å². The summed E-state index contributed by atoms with van der Waals surface area (Å²) in [4.78, 5) is 0. The number of nitrogens with zero attached hydrogens (tertiary/aromatic N) is 3. The van der Waals surface area contributed by atoms with Crippen LogP contribution in [0.2, 0.25) is 0 Å². The number of hydroxylamine groups is 2. The Morgan fingerprint density at radius 1 is 1.06 bits per heavy atom. The highest BCUT2D eigenvalue weighted by molar-refractivity contribution is 7.80. The number of unbranched alkanes of at least 4 members (excludes halogenated alkanes) is 6. The maximum Gasteiger partial charge on any atom is 0.200 e. The summed E-state index contributed by atoms with van der Waals surface area (Å²) in [5.74, 6) is 2.24. The SMILES string of the molecule is CCCCCCC1NC2=C(N1[O-])N(CCCCCCOc1ccc(OC)cc1)S(=O)N(C)C2. The predicted molar refractivity (Wildman–Crippen MR) is 132 cm³/mol. The molecule has 1 N–H and O–H groups in total. The first-order chi connectivity index (χ1) is 16.0. The fraction of sp³-hybridized carbons (Fsp3) is 0.667. The highest BCUT2D eigenvalue weighted by atomic mass is 32.2. The Labute approximate surface area is 201 Å². The van der Waals surface area contributed by atoms with E-state index in [9.17, 15) is 9.42 Å². The van der Waals surface area contributed by atoms with Gasteiger partial charge in [-0.15, -0.1) is 0 Å². The molecule has 0 amide bonds. The summed E-state index contributed by atoms with van der Waals surface area (Å²) >= 11 is -1.32. The van der Waals surface area contributed by atoms with Crippen molar-refractivity contribution in [2.45, 2.75) is 70.9 Å². The van der Waals surface area contributed by atoms with E-state index in [1.165, 1.54) is 12.8 Å². The standard InChI is InChI=1S/C24H39N4O4S/c1-4-5-6-9-12-23-25-22-19-26(2)33(30)27(24(22)28(23)29)17-10-7-8-11-18-32-21-15-13-20(31-3)14-16-21/h13-16,23,25H,4-12,17-19H2,1-3H3/q-1. The summed E-state index contributed by atoms with van der Waals surface area (Å²) in [5, 5.41) is 17.4. The van der Waals surface area contributed by atoms with Crippen molar-refractivity contribution >= 4 is 11.2 Å². The molecule has 2 atom stereocenters. The zero-order valence-electron chi connectivity index (χ0n) is 20.3. The lowest BCUT2D eigenvalue weighted by Gasteiger charge is -2.41. The van der Waals surface area contributed by atoms with Gasteiger partial charge in [0.1, 0.15) is 17.3 Å². The molecule has 33 heavy (non-hydrogen) atoms. The van der Waals surface area contributed by atoms with Crippen molar-refractivity contribution in [3.8, 4) is 11.5 Å². The maximum absolute atomic E-state index is 13.0. The Bertz CT molecular complexity index is 789. The highest BCUT2D eigenvalue weighted by Crippen LogP contribution is 2.31. The van der Waals surface area contributed by atoms with Crippen LogP contribution in [0.25, 0.3) is 0 Å². The molecular weight excluding hydrogens is 440 g/mol. The van der Waals surface area contributed by atoms with E-state index in [-0.39, 0.29) is 6.17 Å². The summed E-state index contributed by atoms with van der Waals surface area (Å²) in [5.41, 5.74) is 0.903. The molecular formula is C24H39N4O4S-. The van der Waals surface area contributed by atoms with Crippen LogP contribution < -0.4 is 14.8 Å². The third kappa shape index (κ3) is 7.01. The molecule has 0 bridgehead atoms. The monoisotopic (exact) mass is 479 g/mol. The molecule has 9 heteroatoms. The molecule has 2 aliphatic heterocycles. The lowest BCUT2D eigenvalue weighted by Crippen LogP contribution is -2.45. The molecule has 2 aliphatic rings. The molecule has 0 spiro atoms. The molecule has 0 aromatic heterocycles. The van der Waals surface area contributed by atoms with Gasteiger partial charge in [0.2, 0.25) is 0 Å². The Kier molecular flexibility index (Phi) is 10.1. The van der Waals surface area contributed by atoms with Crippen molar-refractivity contribution < 1.29 is 13.7 Å². The van der Waals surface area contributed by atoms with Gasteiger partial charge in [-0.2, -0.15) is 0 Å². The van der Waals surface area contributed by atoms with Crippen LogP contribution in [0.15, 0.2) is 35.8 Å². The van der Waals surface area contributed by atoms with Gasteiger partial charge in [-0.25, -0.2) is 8.51 Å². The lowest BCUT2D eigenvalue weighted by atomic mass is 10.1. The molecule has 8 nitrogen and oxygen atoms in total. The van der Waals surface area contributed by atoms with E-state index in [2.05, 4.69) is 12.2 Å². The maximum atomic E-state index is 13.0. The minimum absolute atomic E-state index is 0.243. The van der Waals surface area contributed by atoms with E-state index in [1.54, 1.807) is 15.7 Å². The third-order valence-electron chi connectivity index (χ3n) is 6.09. The number of hydrogen-bond acceptors (Lipinski definition) is 6. The molecule has 0 radical (unpaired) electrons. The highest BCUT2D eigenvalue weighted by Gasteiger charge is 2.37. The van der Waals surface area contributed by atoms with Crippen molar-refractivity contribution in [3.63, 3.8) is 0 Å². The third-order valence-corrected chi connectivity index (χ3v) is 7.48. The van der Waals surface area contributed by atoms with Crippen molar-refractivity contribution in [1.82, 2.24) is 19.0 Å². The van der Waals surface area contributed by atoms with Crippen LogP contribution in [0.1, 0.15) is 64.7 Å². The average Bonchev–Trinajstić information content (AvgIpc) is 3.13. The van der Waals surface area contributed by atoms with Crippen LogP contribution in [-0.4, -0.2) is 57.9 Å². The predicted octanol–water partition coefficient (Wildman–Crippen LogP) is 4.33. The first kappa shape index (κ1) is 25.6. The summed E-state index contributed by atoms with van der Waals surface area (Å²) in [6, 6.07) is 7.60. The molecule has 3 rings (SSSR count). The topological polar surface area (TPSA) is 80.3 Å². The minimum atomic E-state index is -1.32. The molecule has 2 unspecified atom stereocenters. The minimum Gasteiger partial charge on any atom is -0.756 e. The second kappa shape index (κ2) is 13.1. The zero-order chi connectivity index (χ0) is 23.6. The van der Waals surface area contributed by atoms with Gasteiger partial charge < -0.3 is 25.1 Å². The van der Waals surface area contributed by atoms with Crippen LogP contribution >= 0.6 is 0 Å². The van der Waals surface area contributed by atoms with Gasteiger partial charge in [0, 0.05) is 13.6 Å². The number of nitrogens with one attached hydrogen (secondary N) is 1. The van der Waals surface area contributed by atoms with Crippen molar-refractivity contribution in [1.29, 1.82) is 0 Å². The van der Waals surface area contributed by atoms with Gasteiger partial charge in [-0.1, -0.05) is 39.0 Å². The summed E-state index contributed by atoms with van der Waals surface area (Å²) in [6.45, 7) is 3.98. The number of methoxy groups -OCH3 is 1. The van der Waals surface area contributed by atoms with Gasteiger partial charge in [-0.3, -0.25) is 4.31 Å². The molecule has 0 saturated carbocycles. The number of rotatable bonds is 14. The normalized spacial score (nSPS) is 20.7. The zero-order valence-corrected chi connectivity index (χ0v) is 21.1.